The molecule has 32 heavy (non-hydrogen) atoms. The maximum atomic E-state index is 13.2. The van der Waals surface area contributed by atoms with E-state index in [2.05, 4.69) is 5.32 Å². The molecule has 0 spiro atoms. The molecule has 2 aromatic rings. The Morgan fingerprint density at radius 1 is 0.969 bits per heavy atom. The van der Waals surface area contributed by atoms with Crippen LogP contribution < -0.4 is 5.32 Å². The van der Waals surface area contributed by atoms with Gasteiger partial charge in [-0.15, -0.1) is 0 Å². The van der Waals surface area contributed by atoms with Gasteiger partial charge in [0.1, 0.15) is 6.04 Å². The number of piperazine rings is 1. The highest BCUT2D eigenvalue weighted by Crippen LogP contribution is 2.46. The topological polar surface area (TPSA) is 73.0 Å². The SMILES string of the molecule is CC(C)(NC(=O)N1CCN2C(=O)N([C@@H]3C[C@H]3c3ccccc3)C(=O)C2C1)c1ccccc1. The Labute approximate surface area is 188 Å². The van der Waals surface area contributed by atoms with Crippen molar-refractivity contribution >= 4 is 18.0 Å². The van der Waals surface area contributed by atoms with Crippen molar-refractivity contribution in [3.63, 3.8) is 0 Å². The van der Waals surface area contributed by atoms with Crippen LogP contribution >= 0.6 is 0 Å². The normalized spacial score (nSPS) is 25.1. The van der Waals surface area contributed by atoms with E-state index in [9.17, 15) is 14.4 Å². The lowest BCUT2D eigenvalue weighted by atomic mass is 9.94. The summed E-state index contributed by atoms with van der Waals surface area (Å²) in [6.45, 7) is 4.92. The van der Waals surface area contributed by atoms with Crippen LogP contribution in [0, 0.1) is 0 Å². The Kier molecular flexibility index (Phi) is 4.92. The minimum absolute atomic E-state index is 0.0812. The molecule has 1 saturated carbocycles. The minimum Gasteiger partial charge on any atom is -0.329 e. The van der Waals surface area contributed by atoms with Gasteiger partial charge in [-0.1, -0.05) is 60.7 Å². The predicted molar refractivity (Wildman–Crippen MR) is 120 cm³/mol. The molecule has 5 rings (SSSR count). The largest absolute Gasteiger partial charge is 0.329 e. The van der Waals surface area contributed by atoms with Crippen molar-refractivity contribution in [3.05, 3.63) is 71.8 Å². The van der Waals surface area contributed by atoms with E-state index < -0.39 is 11.6 Å². The van der Waals surface area contributed by atoms with Gasteiger partial charge in [0.25, 0.3) is 5.91 Å². The molecule has 7 nitrogen and oxygen atoms in total. The van der Waals surface area contributed by atoms with Crippen LogP contribution in [0.5, 0.6) is 0 Å². The number of carbonyl (C=O) groups is 3. The van der Waals surface area contributed by atoms with Crippen molar-refractivity contribution < 1.29 is 14.4 Å². The zero-order valence-electron chi connectivity index (χ0n) is 18.4. The quantitative estimate of drug-likeness (QED) is 0.755. The van der Waals surface area contributed by atoms with Crippen LogP contribution in [0.15, 0.2) is 60.7 Å². The lowest BCUT2D eigenvalue weighted by molar-refractivity contribution is -0.129. The number of nitrogens with one attached hydrogen (secondary N) is 1. The molecule has 1 aliphatic carbocycles. The highest BCUT2D eigenvalue weighted by Gasteiger charge is 2.56. The van der Waals surface area contributed by atoms with Crippen LogP contribution in [0.2, 0.25) is 0 Å². The van der Waals surface area contributed by atoms with Gasteiger partial charge in [-0.2, -0.15) is 0 Å². The smallest absolute Gasteiger partial charge is 0.327 e. The number of hydrogen-bond acceptors (Lipinski definition) is 3. The monoisotopic (exact) mass is 432 g/mol. The summed E-state index contributed by atoms with van der Waals surface area (Å²) in [7, 11) is 0. The number of hydrogen-bond donors (Lipinski definition) is 1. The minimum atomic E-state index is -0.598. The summed E-state index contributed by atoms with van der Waals surface area (Å²) in [5.41, 5.74) is 1.62. The molecule has 5 amide bonds. The number of rotatable bonds is 4. The van der Waals surface area contributed by atoms with Gasteiger partial charge in [-0.05, 0) is 31.4 Å². The van der Waals surface area contributed by atoms with Crippen molar-refractivity contribution in [2.75, 3.05) is 19.6 Å². The fraction of sp³-hybridized carbons (Fsp3) is 0.400. The van der Waals surface area contributed by atoms with Gasteiger partial charge >= 0.3 is 12.1 Å². The summed E-state index contributed by atoms with van der Waals surface area (Å²) < 4.78 is 0. The average molecular weight is 433 g/mol. The van der Waals surface area contributed by atoms with E-state index in [-0.39, 0.29) is 36.5 Å². The van der Waals surface area contributed by atoms with Gasteiger partial charge in [-0.3, -0.25) is 9.69 Å². The van der Waals surface area contributed by atoms with Gasteiger partial charge in [0, 0.05) is 25.0 Å². The van der Waals surface area contributed by atoms with Crippen LogP contribution in [-0.2, 0) is 10.3 Å². The molecule has 3 atom stereocenters. The molecule has 2 heterocycles. The van der Waals surface area contributed by atoms with E-state index in [1.54, 1.807) is 9.80 Å². The third-order valence-electron chi connectivity index (χ3n) is 6.87. The van der Waals surface area contributed by atoms with E-state index in [0.717, 1.165) is 17.5 Å². The molecule has 1 N–H and O–H groups in total. The van der Waals surface area contributed by atoms with E-state index in [0.29, 0.717) is 13.1 Å². The number of carbonyl (C=O) groups excluding carboxylic acids is 3. The Morgan fingerprint density at radius 3 is 2.31 bits per heavy atom. The van der Waals surface area contributed by atoms with Gasteiger partial charge < -0.3 is 15.1 Å². The molecular weight excluding hydrogens is 404 g/mol. The first kappa shape index (κ1) is 20.5. The number of imide groups is 1. The lowest BCUT2D eigenvalue weighted by Gasteiger charge is -2.37. The third kappa shape index (κ3) is 3.51. The first-order valence-electron chi connectivity index (χ1n) is 11.2. The summed E-state index contributed by atoms with van der Waals surface area (Å²) in [5.74, 6) is 0.0229. The number of fused-ring (bicyclic) bond motifs is 1. The molecular formula is C25H28N4O3. The number of nitrogens with zero attached hydrogens (tertiary/aromatic N) is 3. The molecule has 2 saturated heterocycles. The Bertz CT molecular complexity index is 1040. The van der Waals surface area contributed by atoms with Crippen LogP contribution in [0.1, 0.15) is 37.3 Å². The van der Waals surface area contributed by atoms with Crippen LogP contribution in [0.4, 0.5) is 9.59 Å². The average Bonchev–Trinajstić information content (AvgIpc) is 3.55. The summed E-state index contributed by atoms with van der Waals surface area (Å²) in [6, 6.07) is 18.7. The van der Waals surface area contributed by atoms with Gasteiger partial charge in [0.15, 0.2) is 0 Å². The zero-order chi connectivity index (χ0) is 22.5. The molecule has 0 bridgehead atoms. The Morgan fingerprint density at radius 2 is 1.62 bits per heavy atom. The molecule has 166 valence electrons. The van der Waals surface area contributed by atoms with Crippen molar-refractivity contribution in [1.82, 2.24) is 20.0 Å². The second kappa shape index (κ2) is 7.65. The van der Waals surface area contributed by atoms with E-state index >= 15 is 0 Å². The van der Waals surface area contributed by atoms with E-state index in [4.69, 9.17) is 0 Å². The standard InChI is InChI=1S/C25H28N4O3/c1-25(2,18-11-7-4-8-12-18)26-23(31)27-13-14-28-21(16-27)22(30)29(24(28)32)20-15-19(20)17-9-5-3-6-10-17/h3-12,19-21H,13-16H2,1-2H3,(H,26,31)/t19-,20+,21?/m0/s1. The number of benzene rings is 2. The molecule has 3 fully saturated rings. The maximum Gasteiger partial charge on any atom is 0.327 e. The predicted octanol–water partition coefficient (Wildman–Crippen LogP) is 3.14. The number of urea groups is 2. The fourth-order valence-electron chi connectivity index (χ4n) is 4.90. The van der Waals surface area contributed by atoms with E-state index in [1.807, 2.05) is 74.5 Å². The Hall–Kier alpha value is -3.35. The maximum absolute atomic E-state index is 13.2. The van der Waals surface area contributed by atoms with Crippen molar-refractivity contribution in [2.45, 2.75) is 43.8 Å². The summed E-state index contributed by atoms with van der Waals surface area (Å²) in [5, 5.41) is 3.08. The van der Waals surface area contributed by atoms with Crippen LogP contribution in [-0.4, -0.2) is 64.4 Å². The van der Waals surface area contributed by atoms with Crippen molar-refractivity contribution in [1.29, 1.82) is 0 Å². The molecule has 7 heteroatoms. The zero-order valence-corrected chi connectivity index (χ0v) is 18.4. The van der Waals surface area contributed by atoms with Gasteiger partial charge in [-0.25, -0.2) is 9.59 Å². The summed E-state index contributed by atoms with van der Waals surface area (Å²) in [6.07, 6.45) is 0.803. The molecule has 0 radical (unpaired) electrons. The van der Waals surface area contributed by atoms with Crippen molar-refractivity contribution in [2.24, 2.45) is 0 Å². The lowest BCUT2D eigenvalue weighted by Crippen LogP contribution is -2.58. The van der Waals surface area contributed by atoms with Crippen molar-refractivity contribution in [3.8, 4) is 0 Å². The Balaban J connectivity index is 1.26. The summed E-state index contributed by atoms with van der Waals surface area (Å²) >= 11 is 0. The molecule has 1 unspecified atom stereocenters. The highest BCUT2D eigenvalue weighted by atomic mass is 16.2. The highest BCUT2D eigenvalue weighted by molar-refractivity contribution is 6.05. The first-order valence-corrected chi connectivity index (χ1v) is 11.2. The molecule has 3 aliphatic rings. The molecule has 0 aromatic heterocycles. The van der Waals surface area contributed by atoms with Crippen LogP contribution in [0.3, 0.4) is 0 Å². The summed E-state index contributed by atoms with van der Waals surface area (Å²) in [4.78, 5) is 43.9. The van der Waals surface area contributed by atoms with Gasteiger partial charge in [0.2, 0.25) is 0 Å². The van der Waals surface area contributed by atoms with E-state index in [1.165, 1.54) is 4.90 Å². The van der Waals surface area contributed by atoms with Gasteiger partial charge in [0.05, 0.1) is 12.1 Å². The second-order valence-corrected chi connectivity index (χ2v) is 9.39. The third-order valence-corrected chi connectivity index (χ3v) is 6.87. The fourth-order valence-corrected chi connectivity index (χ4v) is 4.90. The molecule has 2 aromatic carbocycles. The number of amides is 5. The van der Waals surface area contributed by atoms with Crippen LogP contribution in [0.25, 0.3) is 0 Å². The second-order valence-electron chi connectivity index (χ2n) is 9.39. The first-order chi connectivity index (χ1) is 15.4. The molecule has 2 aliphatic heterocycles.